The fraction of sp³-hybridized carbons (Fsp3) is 0.182. The summed E-state index contributed by atoms with van der Waals surface area (Å²) in [6, 6.07) is 18.3. The monoisotopic (exact) mass is 441 g/mol. The van der Waals surface area contributed by atoms with Crippen molar-refractivity contribution in [2.24, 2.45) is 0 Å². The Bertz CT molecular complexity index is 1130. The van der Waals surface area contributed by atoms with Gasteiger partial charge in [-0.2, -0.15) is 4.31 Å². The molecule has 2 amide bonds. The second-order valence-electron chi connectivity index (χ2n) is 6.96. The third-order valence-corrected chi connectivity index (χ3v) is 6.37. The summed E-state index contributed by atoms with van der Waals surface area (Å²) in [6.07, 6.45) is 1.38. The summed E-state index contributed by atoms with van der Waals surface area (Å²) in [6.45, 7) is 0.0666. The molecule has 3 rings (SSSR count). The number of likely N-dealkylation sites (N-methyl/N-ethyl adjacent to an activating group) is 1. The minimum absolute atomic E-state index is 0.119. The molecular formula is C22H23N3O5S. The molecule has 2 aromatic carbocycles. The van der Waals surface area contributed by atoms with Crippen molar-refractivity contribution in [3.05, 3.63) is 84.3 Å². The minimum atomic E-state index is -3.68. The molecule has 8 nitrogen and oxygen atoms in total. The Morgan fingerprint density at radius 1 is 0.935 bits per heavy atom. The molecule has 0 aliphatic heterocycles. The van der Waals surface area contributed by atoms with Crippen molar-refractivity contribution in [2.75, 3.05) is 26.0 Å². The molecule has 0 radical (unpaired) electrons. The summed E-state index contributed by atoms with van der Waals surface area (Å²) in [5, 5.41) is 2.65. The highest BCUT2D eigenvalue weighted by Gasteiger charge is 2.21. The molecule has 0 saturated carbocycles. The van der Waals surface area contributed by atoms with Crippen LogP contribution >= 0.6 is 0 Å². The SMILES string of the molecule is CN(CC(=O)Nc1ccc(S(=O)(=O)N(C)Cc2ccccc2)cc1)C(=O)c1ccco1. The number of carbonyl (C=O) groups excluding carboxylic acids is 2. The number of carbonyl (C=O) groups is 2. The van der Waals surface area contributed by atoms with Gasteiger partial charge in [0.1, 0.15) is 0 Å². The molecule has 0 spiro atoms. The first kappa shape index (κ1) is 22.3. The molecule has 0 aliphatic carbocycles. The molecule has 0 bridgehead atoms. The number of furan rings is 1. The van der Waals surface area contributed by atoms with E-state index in [1.165, 1.54) is 59.9 Å². The molecule has 0 unspecified atom stereocenters. The van der Waals surface area contributed by atoms with E-state index in [4.69, 9.17) is 4.42 Å². The predicted octanol–water partition coefficient (Wildman–Crippen LogP) is 2.81. The molecule has 1 aromatic heterocycles. The zero-order chi connectivity index (χ0) is 22.4. The van der Waals surface area contributed by atoms with Gasteiger partial charge >= 0.3 is 0 Å². The minimum Gasteiger partial charge on any atom is -0.459 e. The quantitative estimate of drug-likeness (QED) is 0.579. The van der Waals surface area contributed by atoms with Gasteiger partial charge in [0.15, 0.2) is 5.76 Å². The average Bonchev–Trinajstić information content (AvgIpc) is 3.29. The lowest BCUT2D eigenvalue weighted by molar-refractivity contribution is -0.116. The Morgan fingerprint density at radius 3 is 2.23 bits per heavy atom. The molecule has 0 atom stereocenters. The molecule has 0 fully saturated rings. The highest BCUT2D eigenvalue weighted by molar-refractivity contribution is 7.89. The Hall–Kier alpha value is -3.43. The molecular weight excluding hydrogens is 418 g/mol. The lowest BCUT2D eigenvalue weighted by Crippen LogP contribution is -2.34. The first-order valence-electron chi connectivity index (χ1n) is 9.46. The van der Waals surface area contributed by atoms with Gasteiger partial charge in [0.05, 0.1) is 17.7 Å². The van der Waals surface area contributed by atoms with Crippen LogP contribution in [-0.4, -0.2) is 50.1 Å². The van der Waals surface area contributed by atoms with Crippen LogP contribution in [0.5, 0.6) is 0 Å². The van der Waals surface area contributed by atoms with Crippen LogP contribution < -0.4 is 5.32 Å². The smallest absolute Gasteiger partial charge is 0.289 e. The van der Waals surface area contributed by atoms with Gasteiger partial charge in [-0.05, 0) is 42.0 Å². The highest BCUT2D eigenvalue weighted by Crippen LogP contribution is 2.19. The standard InChI is InChI=1S/C22H23N3O5S/c1-24(22(27)20-9-6-14-30-20)16-21(26)23-18-10-12-19(13-11-18)31(28,29)25(2)15-17-7-4-3-5-8-17/h3-14H,15-16H2,1-2H3,(H,23,26). The van der Waals surface area contributed by atoms with Crippen LogP contribution in [0.25, 0.3) is 0 Å². The molecule has 0 saturated heterocycles. The van der Waals surface area contributed by atoms with Crippen molar-refractivity contribution in [3.8, 4) is 0 Å². The maximum Gasteiger partial charge on any atom is 0.289 e. The van der Waals surface area contributed by atoms with E-state index in [0.717, 1.165) is 5.56 Å². The Kier molecular flexibility index (Phi) is 6.88. The summed E-state index contributed by atoms with van der Waals surface area (Å²) in [5.41, 5.74) is 1.30. The van der Waals surface area contributed by atoms with Crippen LogP contribution in [0, 0.1) is 0 Å². The van der Waals surface area contributed by atoms with Crippen molar-refractivity contribution in [1.29, 1.82) is 0 Å². The fourth-order valence-corrected chi connectivity index (χ4v) is 4.05. The summed E-state index contributed by atoms with van der Waals surface area (Å²) < 4.78 is 31.9. The van der Waals surface area contributed by atoms with E-state index in [-0.39, 0.29) is 23.7 Å². The third-order valence-electron chi connectivity index (χ3n) is 4.55. The zero-order valence-corrected chi connectivity index (χ0v) is 18.0. The number of anilines is 1. The van der Waals surface area contributed by atoms with Crippen LogP contribution in [0.3, 0.4) is 0 Å². The number of hydrogen-bond donors (Lipinski definition) is 1. The largest absolute Gasteiger partial charge is 0.459 e. The second-order valence-corrected chi connectivity index (χ2v) is 9.00. The lowest BCUT2D eigenvalue weighted by Gasteiger charge is -2.18. The van der Waals surface area contributed by atoms with Gasteiger partial charge in [-0.1, -0.05) is 30.3 Å². The van der Waals surface area contributed by atoms with E-state index in [9.17, 15) is 18.0 Å². The molecule has 0 aliphatic rings. The van der Waals surface area contributed by atoms with Gasteiger partial charge in [-0.25, -0.2) is 8.42 Å². The van der Waals surface area contributed by atoms with Gasteiger partial charge in [-0.15, -0.1) is 0 Å². The van der Waals surface area contributed by atoms with E-state index < -0.39 is 21.8 Å². The maximum atomic E-state index is 12.8. The molecule has 1 N–H and O–H groups in total. The normalized spacial score (nSPS) is 11.3. The van der Waals surface area contributed by atoms with Crippen molar-refractivity contribution >= 4 is 27.5 Å². The number of amides is 2. The van der Waals surface area contributed by atoms with Crippen LogP contribution in [-0.2, 0) is 21.4 Å². The molecule has 31 heavy (non-hydrogen) atoms. The van der Waals surface area contributed by atoms with Crippen LogP contribution in [0.1, 0.15) is 16.1 Å². The predicted molar refractivity (Wildman–Crippen MR) is 116 cm³/mol. The van der Waals surface area contributed by atoms with Gasteiger partial charge in [0.25, 0.3) is 5.91 Å². The number of nitrogens with zero attached hydrogens (tertiary/aromatic N) is 2. The van der Waals surface area contributed by atoms with Crippen molar-refractivity contribution in [3.63, 3.8) is 0 Å². The van der Waals surface area contributed by atoms with Crippen LogP contribution in [0.4, 0.5) is 5.69 Å². The summed E-state index contributed by atoms with van der Waals surface area (Å²) in [5.74, 6) is -0.688. The Morgan fingerprint density at radius 2 is 1.61 bits per heavy atom. The van der Waals surface area contributed by atoms with E-state index in [2.05, 4.69) is 5.32 Å². The van der Waals surface area contributed by atoms with E-state index in [1.54, 1.807) is 6.07 Å². The number of benzene rings is 2. The topological polar surface area (TPSA) is 99.9 Å². The van der Waals surface area contributed by atoms with E-state index in [0.29, 0.717) is 5.69 Å². The fourth-order valence-electron chi connectivity index (χ4n) is 2.89. The van der Waals surface area contributed by atoms with Crippen LogP contribution in [0.2, 0.25) is 0 Å². The van der Waals surface area contributed by atoms with Gasteiger partial charge in [0.2, 0.25) is 15.9 Å². The Labute approximate surface area is 181 Å². The maximum absolute atomic E-state index is 12.8. The lowest BCUT2D eigenvalue weighted by atomic mass is 10.2. The molecule has 3 aromatic rings. The molecule has 162 valence electrons. The third kappa shape index (κ3) is 5.59. The highest BCUT2D eigenvalue weighted by atomic mass is 32.2. The van der Waals surface area contributed by atoms with Crippen LogP contribution in [0.15, 0.2) is 82.3 Å². The number of hydrogen-bond acceptors (Lipinski definition) is 5. The van der Waals surface area contributed by atoms with Crippen molar-refractivity contribution in [1.82, 2.24) is 9.21 Å². The number of sulfonamides is 1. The van der Waals surface area contributed by atoms with Crippen molar-refractivity contribution < 1.29 is 22.4 Å². The van der Waals surface area contributed by atoms with Crippen molar-refractivity contribution in [2.45, 2.75) is 11.4 Å². The Balaban J connectivity index is 1.60. The van der Waals surface area contributed by atoms with E-state index in [1.807, 2.05) is 30.3 Å². The zero-order valence-electron chi connectivity index (χ0n) is 17.2. The first-order chi connectivity index (χ1) is 14.8. The van der Waals surface area contributed by atoms with Gasteiger partial charge in [0, 0.05) is 26.3 Å². The number of rotatable bonds is 8. The van der Waals surface area contributed by atoms with E-state index >= 15 is 0 Å². The first-order valence-corrected chi connectivity index (χ1v) is 10.9. The summed E-state index contributed by atoms with van der Waals surface area (Å²) >= 11 is 0. The van der Waals surface area contributed by atoms with Gasteiger partial charge < -0.3 is 14.6 Å². The molecule has 1 heterocycles. The average molecular weight is 442 g/mol. The summed E-state index contributed by atoms with van der Waals surface area (Å²) in [4.78, 5) is 25.7. The second kappa shape index (κ2) is 9.59. The van der Waals surface area contributed by atoms with Gasteiger partial charge in [-0.3, -0.25) is 9.59 Å². The summed E-state index contributed by atoms with van der Waals surface area (Å²) in [7, 11) is -0.674. The molecule has 9 heteroatoms. The number of nitrogens with one attached hydrogen (secondary N) is 1.